The molecule has 168 valence electrons. The smallest absolute Gasteiger partial charge is 0.0661 e. The summed E-state index contributed by atoms with van der Waals surface area (Å²) in [6.07, 6.45) is 14.7. The largest absolute Gasteiger partial charge is 0.550 e. The quantitative estimate of drug-likeness (QED) is 0.408. The zero-order chi connectivity index (χ0) is 21.9. The fraction of sp³-hybridized carbons (Fsp3) is 0.880. The molecule has 3 nitrogen and oxygen atoms in total. The number of quaternary nitrogens is 1. The average molecular weight is 398 g/mol. The van der Waals surface area contributed by atoms with E-state index in [0.29, 0.717) is 6.42 Å². The third-order valence-corrected chi connectivity index (χ3v) is 4.98. The van der Waals surface area contributed by atoms with E-state index in [-0.39, 0.29) is 6.42 Å². The molecule has 0 aliphatic heterocycles. The number of hydrogen-bond donors (Lipinski definition) is 1. The van der Waals surface area contributed by atoms with Crippen molar-refractivity contribution in [3.05, 3.63) is 11.6 Å². The fourth-order valence-corrected chi connectivity index (χ4v) is 3.25. The summed E-state index contributed by atoms with van der Waals surface area (Å²) in [6.45, 7) is 11.5. The molecule has 0 heterocycles. The number of carbonyl (C=O) groups is 1. The van der Waals surface area contributed by atoms with E-state index < -0.39 is 5.97 Å². The highest BCUT2D eigenvalue weighted by molar-refractivity contribution is 5.64. The number of carboxylic acid groups (broad SMARTS) is 1. The average Bonchev–Trinajstić information content (AvgIpc) is 2.53. The van der Waals surface area contributed by atoms with Crippen LogP contribution >= 0.6 is 0 Å². The monoisotopic (exact) mass is 397 g/mol. The lowest BCUT2D eigenvalue weighted by atomic mass is 9.91. The molecule has 0 rings (SSSR count). The maximum atomic E-state index is 10.4. The number of allylic oxidation sites excluding steroid dienone is 2. The first-order valence-corrected chi connectivity index (χ1v) is 11.7. The number of carbonyl (C=O) groups excluding carboxylic acids is 1. The third kappa shape index (κ3) is 27.4. The summed E-state index contributed by atoms with van der Waals surface area (Å²) in [5, 5.41) is 10.4. The van der Waals surface area contributed by atoms with Gasteiger partial charge >= 0.3 is 0 Å². The Morgan fingerprint density at radius 2 is 1.25 bits per heavy atom. The van der Waals surface area contributed by atoms with Gasteiger partial charge in [-0.3, -0.25) is 0 Å². The van der Waals surface area contributed by atoms with Gasteiger partial charge in [-0.15, -0.1) is 0 Å². The lowest BCUT2D eigenvalue weighted by Crippen LogP contribution is -3.02. The molecule has 0 aromatic heterocycles. The molecule has 0 fully saturated rings. The molecule has 0 aliphatic carbocycles. The first-order valence-electron chi connectivity index (χ1n) is 11.7. The summed E-state index contributed by atoms with van der Waals surface area (Å²) in [7, 11) is 6.25. The van der Waals surface area contributed by atoms with Gasteiger partial charge < -0.3 is 14.8 Å². The molecular weight excluding hydrogens is 346 g/mol. The Morgan fingerprint density at radius 3 is 1.68 bits per heavy atom. The minimum atomic E-state index is -0.953. The molecule has 3 heteroatoms. The third-order valence-electron chi connectivity index (χ3n) is 4.98. The van der Waals surface area contributed by atoms with Gasteiger partial charge in [0.05, 0.1) is 21.1 Å². The molecule has 0 saturated carbocycles. The van der Waals surface area contributed by atoms with Crippen LogP contribution in [0, 0.1) is 17.8 Å². The van der Waals surface area contributed by atoms with Gasteiger partial charge in [0.15, 0.2) is 0 Å². The first-order chi connectivity index (χ1) is 13.0. The fourth-order valence-electron chi connectivity index (χ4n) is 3.25. The van der Waals surface area contributed by atoms with Gasteiger partial charge in [0.1, 0.15) is 0 Å². The number of rotatable bonds is 15. The molecule has 2 atom stereocenters. The SMILES string of the molecule is C/C(=C\CCC(=O)[O-])CCCC(C)CCCC(C)CCCC(C)C.C[NH+](C)C. The van der Waals surface area contributed by atoms with Gasteiger partial charge in [0, 0.05) is 5.97 Å². The summed E-state index contributed by atoms with van der Waals surface area (Å²) in [5.74, 6) is 1.58. The molecule has 0 radical (unpaired) electrons. The van der Waals surface area contributed by atoms with E-state index in [0.717, 1.165) is 24.2 Å². The van der Waals surface area contributed by atoms with Crippen molar-refractivity contribution >= 4 is 5.97 Å². The van der Waals surface area contributed by atoms with Gasteiger partial charge in [-0.1, -0.05) is 84.3 Å². The molecule has 0 amide bonds. The van der Waals surface area contributed by atoms with Gasteiger partial charge in [-0.2, -0.15) is 0 Å². The minimum Gasteiger partial charge on any atom is -0.550 e. The maximum Gasteiger partial charge on any atom is 0.0661 e. The van der Waals surface area contributed by atoms with Crippen LogP contribution in [-0.2, 0) is 4.79 Å². The van der Waals surface area contributed by atoms with E-state index in [1.165, 1.54) is 61.8 Å². The van der Waals surface area contributed by atoms with E-state index in [9.17, 15) is 9.90 Å². The highest BCUT2D eigenvalue weighted by Crippen LogP contribution is 2.22. The molecule has 1 N–H and O–H groups in total. The Morgan fingerprint density at radius 1 is 0.821 bits per heavy atom. The predicted molar refractivity (Wildman–Crippen MR) is 121 cm³/mol. The van der Waals surface area contributed by atoms with E-state index in [1.54, 1.807) is 0 Å². The highest BCUT2D eigenvalue weighted by atomic mass is 16.4. The highest BCUT2D eigenvalue weighted by Gasteiger charge is 2.06. The summed E-state index contributed by atoms with van der Waals surface area (Å²) in [6, 6.07) is 0. The summed E-state index contributed by atoms with van der Waals surface area (Å²) >= 11 is 0. The number of aliphatic carboxylic acids is 1. The Labute approximate surface area is 177 Å². The van der Waals surface area contributed by atoms with Gasteiger partial charge in [-0.05, 0) is 50.4 Å². The Hall–Kier alpha value is -0.830. The van der Waals surface area contributed by atoms with Crippen LogP contribution in [0.25, 0.3) is 0 Å². The van der Waals surface area contributed by atoms with Crippen molar-refractivity contribution in [3.8, 4) is 0 Å². The Kier molecular flexibility index (Phi) is 20.4. The second kappa shape index (κ2) is 19.5. The van der Waals surface area contributed by atoms with Crippen LogP contribution in [0.2, 0.25) is 0 Å². The van der Waals surface area contributed by atoms with Crippen LogP contribution in [0.3, 0.4) is 0 Å². The van der Waals surface area contributed by atoms with Crippen LogP contribution in [0.15, 0.2) is 11.6 Å². The zero-order valence-corrected chi connectivity index (χ0v) is 20.4. The van der Waals surface area contributed by atoms with Crippen LogP contribution in [0.5, 0.6) is 0 Å². The van der Waals surface area contributed by atoms with Crippen molar-refractivity contribution < 1.29 is 14.8 Å². The molecule has 0 aromatic rings. The van der Waals surface area contributed by atoms with E-state index in [2.05, 4.69) is 61.8 Å². The lowest BCUT2D eigenvalue weighted by Gasteiger charge is -2.15. The van der Waals surface area contributed by atoms with Crippen molar-refractivity contribution in [2.45, 2.75) is 105 Å². The van der Waals surface area contributed by atoms with E-state index in [1.807, 2.05) is 0 Å². The van der Waals surface area contributed by atoms with Gasteiger partial charge in [-0.25, -0.2) is 0 Å². The molecule has 0 bridgehead atoms. The first kappa shape index (κ1) is 29.4. The summed E-state index contributed by atoms with van der Waals surface area (Å²) < 4.78 is 0. The van der Waals surface area contributed by atoms with Crippen LogP contribution < -0.4 is 10.0 Å². The number of hydrogen-bond acceptors (Lipinski definition) is 2. The van der Waals surface area contributed by atoms with Crippen molar-refractivity contribution in [1.29, 1.82) is 0 Å². The summed E-state index contributed by atoms with van der Waals surface area (Å²) in [4.78, 5) is 11.8. The number of carboxylic acids is 1. The van der Waals surface area contributed by atoms with Crippen molar-refractivity contribution in [3.63, 3.8) is 0 Å². The summed E-state index contributed by atoms with van der Waals surface area (Å²) in [5.41, 5.74) is 1.32. The Bertz CT molecular complexity index is 385. The van der Waals surface area contributed by atoms with E-state index in [4.69, 9.17) is 0 Å². The second-order valence-electron chi connectivity index (χ2n) is 9.82. The Balaban J connectivity index is 0. The predicted octanol–water partition coefficient (Wildman–Crippen LogP) is 4.66. The minimum absolute atomic E-state index is 0.142. The molecule has 28 heavy (non-hydrogen) atoms. The molecule has 0 aliphatic rings. The lowest BCUT2D eigenvalue weighted by molar-refractivity contribution is -0.836. The van der Waals surface area contributed by atoms with Crippen molar-refractivity contribution in [2.24, 2.45) is 17.8 Å². The zero-order valence-electron chi connectivity index (χ0n) is 20.4. The van der Waals surface area contributed by atoms with Crippen molar-refractivity contribution in [1.82, 2.24) is 0 Å². The molecular formula is C25H51NO2. The van der Waals surface area contributed by atoms with Crippen LogP contribution in [0.4, 0.5) is 0 Å². The topological polar surface area (TPSA) is 44.6 Å². The number of nitrogens with one attached hydrogen (secondary N) is 1. The molecule has 0 spiro atoms. The van der Waals surface area contributed by atoms with Crippen molar-refractivity contribution in [2.75, 3.05) is 21.1 Å². The van der Waals surface area contributed by atoms with Gasteiger partial charge in [0.25, 0.3) is 0 Å². The second-order valence-corrected chi connectivity index (χ2v) is 9.82. The van der Waals surface area contributed by atoms with E-state index >= 15 is 0 Å². The molecule has 2 unspecified atom stereocenters. The maximum absolute atomic E-state index is 10.4. The standard InChI is InChI=1S/C22H42O2.C3H9N/c1-18(2)10-6-11-19(3)12-7-13-20(4)14-8-15-21(5)16-9-17-22(23)24;1-4(2)3/h16,18-20H,6-15,17H2,1-5H3,(H,23,24);1-3H3/b21-16+;. The van der Waals surface area contributed by atoms with Gasteiger partial charge in [0.2, 0.25) is 0 Å². The van der Waals surface area contributed by atoms with Crippen LogP contribution in [0.1, 0.15) is 105 Å². The molecule has 0 aromatic carbocycles. The molecule has 0 saturated heterocycles. The normalized spacial score (nSPS) is 14.0. The van der Waals surface area contributed by atoms with Crippen LogP contribution in [-0.4, -0.2) is 27.1 Å².